The number of rotatable bonds is 9. The van der Waals surface area contributed by atoms with E-state index in [2.05, 4.69) is 6.92 Å². The molecule has 0 atom stereocenters. The Balaban J connectivity index is 2.26. The van der Waals surface area contributed by atoms with Gasteiger partial charge in [-0.05, 0) is 18.6 Å². The van der Waals surface area contributed by atoms with Gasteiger partial charge in [0.1, 0.15) is 5.75 Å². The van der Waals surface area contributed by atoms with Gasteiger partial charge in [0.05, 0.1) is 6.61 Å². The van der Waals surface area contributed by atoms with E-state index in [0.717, 1.165) is 25.0 Å². The molecule has 0 fully saturated rings. The first-order chi connectivity index (χ1) is 9.04. The fraction of sp³-hybridized carbons (Fsp3) is 0.571. The molecule has 0 saturated carbocycles. The van der Waals surface area contributed by atoms with E-state index in [4.69, 9.17) is 4.74 Å². The molecular weight excluding hydrogens is 252 g/mol. The van der Waals surface area contributed by atoms with Crippen LogP contribution in [-0.2, 0) is 0 Å². The van der Waals surface area contributed by atoms with Crippen LogP contribution in [0.5, 0.6) is 5.75 Å². The first-order valence-corrected chi connectivity index (χ1v) is 6.96. The molecule has 0 bridgehead atoms. The maximum absolute atomic E-state index is 12.5. The molecule has 5 heteroatoms. The maximum atomic E-state index is 12.5. The number of halogens is 3. The van der Waals surface area contributed by atoms with Gasteiger partial charge in [0.2, 0.25) is 0 Å². The van der Waals surface area contributed by atoms with E-state index in [1.165, 1.54) is 31.7 Å². The smallest absolute Gasteiger partial charge is 0.494 e. The molecule has 0 radical (unpaired) electrons. The minimum atomic E-state index is -4.94. The lowest BCUT2D eigenvalue weighted by Crippen LogP contribution is -2.33. The van der Waals surface area contributed by atoms with Crippen molar-refractivity contribution in [3.8, 4) is 5.75 Å². The summed E-state index contributed by atoms with van der Waals surface area (Å²) in [5, 5.41) is 0. The zero-order valence-corrected chi connectivity index (χ0v) is 11.4. The molecule has 0 heterocycles. The van der Waals surface area contributed by atoms with Crippen LogP contribution in [0.1, 0.15) is 45.4 Å². The lowest BCUT2D eigenvalue weighted by atomic mass is 9.80. The summed E-state index contributed by atoms with van der Waals surface area (Å²) in [5.74, 6) is 0.310. The van der Waals surface area contributed by atoms with Crippen molar-refractivity contribution in [2.75, 3.05) is 6.61 Å². The van der Waals surface area contributed by atoms with Crippen molar-refractivity contribution in [3.63, 3.8) is 0 Å². The molecule has 0 N–H and O–H groups in total. The van der Waals surface area contributed by atoms with E-state index < -0.39 is 12.4 Å². The van der Waals surface area contributed by atoms with E-state index in [0.29, 0.717) is 12.4 Å². The standard InChI is InChI=1S/C14H21BF3O/c1-2-3-4-5-6-7-11-19-14-10-8-9-13(12-14)15(16,17)18/h8-10,12H,2-7,11H2,1H3/q-1. The molecule has 19 heavy (non-hydrogen) atoms. The Morgan fingerprint density at radius 1 is 1.00 bits per heavy atom. The predicted molar refractivity (Wildman–Crippen MR) is 74.0 cm³/mol. The Morgan fingerprint density at radius 3 is 2.37 bits per heavy atom. The van der Waals surface area contributed by atoms with Crippen molar-refractivity contribution in [3.05, 3.63) is 24.3 Å². The molecule has 0 aromatic heterocycles. The number of hydrogen-bond acceptors (Lipinski definition) is 1. The van der Waals surface area contributed by atoms with Gasteiger partial charge in [0, 0.05) is 0 Å². The van der Waals surface area contributed by atoms with Crippen molar-refractivity contribution < 1.29 is 17.7 Å². The minimum absolute atomic E-state index is 0.310. The molecule has 1 aromatic rings. The molecule has 108 valence electrons. The largest absolute Gasteiger partial charge is 0.509 e. The van der Waals surface area contributed by atoms with Crippen LogP contribution in [0.4, 0.5) is 12.9 Å². The van der Waals surface area contributed by atoms with Crippen LogP contribution < -0.4 is 10.2 Å². The van der Waals surface area contributed by atoms with Crippen molar-refractivity contribution >= 4 is 12.4 Å². The Bertz CT molecular complexity index is 366. The Kier molecular flexibility index (Phi) is 6.81. The number of hydrogen-bond donors (Lipinski definition) is 0. The van der Waals surface area contributed by atoms with Crippen LogP contribution in [0.3, 0.4) is 0 Å². The van der Waals surface area contributed by atoms with Gasteiger partial charge >= 0.3 is 6.98 Å². The topological polar surface area (TPSA) is 9.23 Å². The first kappa shape index (κ1) is 15.9. The number of benzene rings is 1. The van der Waals surface area contributed by atoms with Crippen LogP contribution >= 0.6 is 0 Å². The van der Waals surface area contributed by atoms with Crippen LogP contribution in [0, 0.1) is 0 Å². The van der Waals surface area contributed by atoms with Crippen LogP contribution in [0.2, 0.25) is 0 Å². The molecule has 1 rings (SSSR count). The Hall–Kier alpha value is -1.13. The third kappa shape index (κ3) is 6.55. The van der Waals surface area contributed by atoms with E-state index >= 15 is 0 Å². The molecule has 0 aliphatic heterocycles. The van der Waals surface area contributed by atoms with E-state index in [1.54, 1.807) is 6.07 Å². The van der Waals surface area contributed by atoms with Gasteiger partial charge in [0.15, 0.2) is 0 Å². The SMILES string of the molecule is CCCCCCCCOc1cccc([B-](F)(F)F)c1. The Morgan fingerprint density at radius 2 is 1.68 bits per heavy atom. The van der Waals surface area contributed by atoms with Crippen molar-refractivity contribution in [2.24, 2.45) is 0 Å². The molecule has 0 spiro atoms. The fourth-order valence-corrected chi connectivity index (χ4v) is 1.88. The lowest BCUT2D eigenvalue weighted by Gasteiger charge is -2.16. The molecule has 0 saturated heterocycles. The highest BCUT2D eigenvalue weighted by Crippen LogP contribution is 2.15. The summed E-state index contributed by atoms with van der Waals surface area (Å²) in [6.07, 6.45) is 6.82. The fourth-order valence-electron chi connectivity index (χ4n) is 1.88. The third-order valence-electron chi connectivity index (χ3n) is 3.00. The highest BCUT2D eigenvalue weighted by Gasteiger charge is 2.25. The second-order valence-corrected chi connectivity index (χ2v) is 4.76. The molecule has 0 aliphatic rings. The second-order valence-electron chi connectivity index (χ2n) is 4.76. The van der Waals surface area contributed by atoms with E-state index in [-0.39, 0.29) is 0 Å². The zero-order valence-electron chi connectivity index (χ0n) is 11.4. The van der Waals surface area contributed by atoms with Crippen molar-refractivity contribution in [1.82, 2.24) is 0 Å². The second kappa shape index (κ2) is 8.13. The average Bonchev–Trinajstić information content (AvgIpc) is 2.37. The minimum Gasteiger partial charge on any atom is -0.494 e. The third-order valence-corrected chi connectivity index (χ3v) is 3.00. The van der Waals surface area contributed by atoms with Gasteiger partial charge in [-0.25, -0.2) is 0 Å². The zero-order chi connectivity index (χ0) is 14.1. The van der Waals surface area contributed by atoms with Gasteiger partial charge < -0.3 is 17.7 Å². The molecule has 1 aromatic carbocycles. The molecule has 1 nitrogen and oxygen atoms in total. The normalized spacial score (nSPS) is 11.6. The lowest BCUT2D eigenvalue weighted by molar-refractivity contribution is 0.304. The summed E-state index contributed by atoms with van der Waals surface area (Å²) in [6.45, 7) is -2.29. The number of unbranched alkanes of at least 4 members (excludes halogenated alkanes) is 5. The Labute approximate surface area is 113 Å². The van der Waals surface area contributed by atoms with Crippen LogP contribution in [0.25, 0.3) is 0 Å². The highest BCUT2D eigenvalue weighted by molar-refractivity contribution is 6.73. The molecule has 0 unspecified atom stereocenters. The van der Waals surface area contributed by atoms with Crippen LogP contribution in [0.15, 0.2) is 24.3 Å². The average molecular weight is 273 g/mol. The van der Waals surface area contributed by atoms with Crippen LogP contribution in [-0.4, -0.2) is 13.6 Å². The summed E-state index contributed by atoms with van der Waals surface area (Å²) < 4.78 is 43.0. The van der Waals surface area contributed by atoms with Gasteiger partial charge in [0.25, 0.3) is 0 Å². The van der Waals surface area contributed by atoms with Gasteiger partial charge in [-0.3, -0.25) is 0 Å². The van der Waals surface area contributed by atoms with Gasteiger partial charge in [-0.15, -0.1) is 5.46 Å². The molecular formula is C14H21BF3O-. The maximum Gasteiger partial charge on any atom is 0.509 e. The van der Waals surface area contributed by atoms with E-state index in [1.807, 2.05) is 0 Å². The summed E-state index contributed by atoms with van der Waals surface area (Å²) in [6, 6.07) is 5.12. The van der Waals surface area contributed by atoms with E-state index in [9.17, 15) is 12.9 Å². The first-order valence-electron chi connectivity index (χ1n) is 6.96. The van der Waals surface area contributed by atoms with Gasteiger partial charge in [-0.1, -0.05) is 51.2 Å². The number of ether oxygens (including phenoxy) is 1. The quantitative estimate of drug-likeness (QED) is 0.476. The summed E-state index contributed by atoms with van der Waals surface area (Å²) in [7, 11) is 0. The summed E-state index contributed by atoms with van der Waals surface area (Å²) in [4.78, 5) is 0. The predicted octanol–water partition coefficient (Wildman–Crippen LogP) is 4.48. The molecule has 0 amide bonds. The van der Waals surface area contributed by atoms with Crippen molar-refractivity contribution in [2.45, 2.75) is 45.4 Å². The van der Waals surface area contributed by atoms with Gasteiger partial charge in [-0.2, -0.15) is 0 Å². The highest BCUT2D eigenvalue weighted by atomic mass is 19.4. The summed E-state index contributed by atoms with van der Waals surface area (Å²) in [5.41, 5.74) is -0.597. The van der Waals surface area contributed by atoms with Crippen molar-refractivity contribution in [1.29, 1.82) is 0 Å². The monoisotopic (exact) mass is 273 g/mol. The summed E-state index contributed by atoms with van der Waals surface area (Å²) >= 11 is 0. The molecule has 0 aliphatic carbocycles.